The van der Waals surface area contributed by atoms with E-state index in [1.807, 2.05) is 13.2 Å². The Kier molecular flexibility index (Phi) is 5.64. The molecule has 8 heteroatoms. The predicted molar refractivity (Wildman–Crippen MR) is 74.3 cm³/mol. The van der Waals surface area contributed by atoms with Gasteiger partial charge >= 0.3 is 0 Å². The van der Waals surface area contributed by atoms with Gasteiger partial charge in [-0.25, -0.2) is 8.42 Å². The molecule has 0 aromatic carbocycles. The first-order valence-electron chi connectivity index (χ1n) is 5.58. The molecular formula is C10H20N4O2S2. The third-order valence-corrected chi connectivity index (χ3v) is 5.07. The lowest BCUT2D eigenvalue weighted by atomic mass is 10.3. The zero-order valence-corrected chi connectivity index (χ0v) is 12.8. The molecule has 0 saturated heterocycles. The fourth-order valence-corrected chi connectivity index (χ4v) is 3.41. The normalized spacial score (nSPS) is 12.3. The molecule has 0 amide bonds. The van der Waals surface area contributed by atoms with Crippen LogP contribution >= 0.6 is 11.8 Å². The lowest BCUT2D eigenvalue weighted by molar-refractivity contribution is 0.484. The van der Waals surface area contributed by atoms with Crippen molar-refractivity contribution in [3.8, 4) is 0 Å². The Morgan fingerprint density at radius 3 is 2.72 bits per heavy atom. The number of aromatic nitrogens is 2. The van der Waals surface area contributed by atoms with Crippen LogP contribution in [0.3, 0.4) is 0 Å². The summed E-state index contributed by atoms with van der Waals surface area (Å²) in [6.45, 7) is 2.78. The summed E-state index contributed by atoms with van der Waals surface area (Å²) in [6.07, 6.45) is 1.95. The van der Waals surface area contributed by atoms with Crippen LogP contribution in [0, 0.1) is 6.92 Å². The lowest BCUT2D eigenvalue weighted by Crippen LogP contribution is -2.30. The second kappa shape index (κ2) is 6.55. The molecule has 0 aliphatic heterocycles. The topological polar surface area (TPSA) is 78.1 Å². The van der Waals surface area contributed by atoms with Crippen molar-refractivity contribution in [3.63, 3.8) is 0 Å². The maximum absolute atomic E-state index is 12.4. The standard InChI is InChI=1S/C10H20N4O2S2/c1-8-9(7-11-2)10(13-12-8)18(15,16)14(3)5-6-17-4/h11H,5-7H2,1-4H3,(H,12,13). The molecule has 0 spiro atoms. The number of hydrogen-bond donors (Lipinski definition) is 2. The van der Waals surface area contributed by atoms with Gasteiger partial charge in [0.2, 0.25) is 0 Å². The summed E-state index contributed by atoms with van der Waals surface area (Å²) in [5.74, 6) is 0.764. The average Bonchev–Trinajstić information content (AvgIpc) is 2.69. The smallest absolute Gasteiger partial charge is 0.262 e. The van der Waals surface area contributed by atoms with Crippen molar-refractivity contribution >= 4 is 21.8 Å². The average molecular weight is 292 g/mol. The van der Waals surface area contributed by atoms with Crippen LogP contribution in [-0.4, -0.2) is 55.6 Å². The van der Waals surface area contributed by atoms with Crippen LogP contribution in [0.4, 0.5) is 0 Å². The first-order chi connectivity index (χ1) is 8.45. The third-order valence-electron chi connectivity index (χ3n) is 2.65. The number of hydrogen-bond acceptors (Lipinski definition) is 5. The first-order valence-corrected chi connectivity index (χ1v) is 8.42. The molecule has 0 saturated carbocycles. The van der Waals surface area contributed by atoms with Crippen molar-refractivity contribution in [1.82, 2.24) is 19.8 Å². The summed E-state index contributed by atoms with van der Waals surface area (Å²) in [5, 5.41) is 9.75. The molecule has 1 aromatic rings. The van der Waals surface area contributed by atoms with Crippen molar-refractivity contribution in [2.75, 3.05) is 32.6 Å². The highest BCUT2D eigenvalue weighted by atomic mass is 32.2. The van der Waals surface area contributed by atoms with Crippen LogP contribution in [0.25, 0.3) is 0 Å². The lowest BCUT2D eigenvalue weighted by Gasteiger charge is -2.15. The number of thioether (sulfide) groups is 1. The largest absolute Gasteiger partial charge is 0.316 e. The van der Waals surface area contributed by atoms with Gasteiger partial charge in [0, 0.05) is 37.1 Å². The van der Waals surface area contributed by atoms with Crippen molar-refractivity contribution in [2.45, 2.75) is 18.5 Å². The molecule has 104 valence electrons. The van der Waals surface area contributed by atoms with Gasteiger partial charge in [0.05, 0.1) is 0 Å². The van der Waals surface area contributed by atoms with Crippen molar-refractivity contribution in [2.24, 2.45) is 0 Å². The molecular weight excluding hydrogens is 272 g/mol. The fraction of sp³-hybridized carbons (Fsp3) is 0.700. The van der Waals surface area contributed by atoms with Gasteiger partial charge in [-0.15, -0.1) is 0 Å². The summed E-state index contributed by atoms with van der Waals surface area (Å²) in [5.41, 5.74) is 1.48. The number of nitrogens with zero attached hydrogens (tertiary/aromatic N) is 2. The summed E-state index contributed by atoms with van der Waals surface area (Å²) in [7, 11) is -0.145. The van der Waals surface area contributed by atoms with Gasteiger partial charge in [0.15, 0.2) is 5.03 Å². The van der Waals surface area contributed by atoms with E-state index in [9.17, 15) is 8.42 Å². The molecule has 6 nitrogen and oxygen atoms in total. The highest BCUT2D eigenvalue weighted by Gasteiger charge is 2.27. The number of H-pyrrole nitrogens is 1. The highest BCUT2D eigenvalue weighted by Crippen LogP contribution is 2.19. The van der Waals surface area contributed by atoms with Crippen LogP contribution in [0.1, 0.15) is 11.3 Å². The van der Waals surface area contributed by atoms with Gasteiger partial charge in [-0.2, -0.15) is 21.2 Å². The molecule has 0 radical (unpaired) electrons. The van der Waals surface area contributed by atoms with Crippen LogP contribution in [0.15, 0.2) is 5.03 Å². The molecule has 0 fully saturated rings. The van der Waals surface area contributed by atoms with Crippen LogP contribution in [-0.2, 0) is 16.6 Å². The van der Waals surface area contributed by atoms with Crippen molar-refractivity contribution in [1.29, 1.82) is 0 Å². The second-order valence-corrected chi connectivity index (χ2v) is 6.93. The molecule has 2 N–H and O–H groups in total. The molecule has 1 rings (SSSR count). The summed E-state index contributed by atoms with van der Waals surface area (Å²) in [6, 6.07) is 0. The van der Waals surface area contributed by atoms with E-state index in [0.717, 1.165) is 11.4 Å². The Balaban J connectivity index is 3.04. The van der Waals surface area contributed by atoms with Crippen LogP contribution in [0.2, 0.25) is 0 Å². The number of nitrogens with one attached hydrogen (secondary N) is 2. The predicted octanol–water partition coefficient (Wildman–Crippen LogP) is 0.421. The Morgan fingerprint density at radius 2 is 2.17 bits per heavy atom. The SMILES string of the molecule is CNCc1c(S(=O)(=O)N(C)CCSC)n[nH]c1C. The van der Waals surface area contributed by atoms with Gasteiger partial charge in [0.25, 0.3) is 10.0 Å². The molecule has 0 aliphatic rings. The van der Waals surface area contributed by atoms with E-state index in [-0.39, 0.29) is 5.03 Å². The summed E-state index contributed by atoms with van der Waals surface area (Å²) >= 11 is 1.61. The summed E-state index contributed by atoms with van der Waals surface area (Å²) in [4.78, 5) is 0. The molecule has 0 aliphatic carbocycles. The Bertz CT molecular complexity index is 484. The number of sulfonamides is 1. The second-order valence-electron chi connectivity index (χ2n) is 3.98. The summed E-state index contributed by atoms with van der Waals surface area (Å²) < 4.78 is 26.1. The molecule has 0 atom stereocenters. The Morgan fingerprint density at radius 1 is 1.50 bits per heavy atom. The van der Waals surface area contributed by atoms with Gasteiger partial charge in [-0.05, 0) is 20.2 Å². The van der Waals surface area contributed by atoms with E-state index in [1.54, 1.807) is 25.9 Å². The maximum atomic E-state index is 12.4. The number of aromatic amines is 1. The molecule has 1 aromatic heterocycles. The van der Waals surface area contributed by atoms with Gasteiger partial charge in [-0.1, -0.05) is 0 Å². The van der Waals surface area contributed by atoms with Crippen molar-refractivity contribution < 1.29 is 8.42 Å². The Labute approximate surface area is 113 Å². The minimum atomic E-state index is -3.51. The van der Waals surface area contributed by atoms with E-state index < -0.39 is 10.0 Å². The molecule has 0 bridgehead atoms. The molecule has 1 heterocycles. The van der Waals surface area contributed by atoms with Gasteiger partial charge in [0.1, 0.15) is 0 Å². The zero-order valence-electron chi connectivity index (χ0n) is 11.1. The fourth-order valence-electron chi connectivity index (χ4n) is 1.52. The molecule has 0 unspecified atom stereocenters. The highest BCUT2D eigenvalue weighted by molar-refractivity contribution is 7.98. The maximum Gasteiger partial charge on any atom is 0.262 e. The zero-order chi connectivity index (χ0) is 13.8. The van der Waals surface area contributed by atoms with E-state index in [1.165, 1.54) is 4.31 Å². The van der Waals surface area contributed by atoms with E-state index in [4.69, 9.17) is 0 Å². The van der Waals surface area contributed by atoms with Crippen molar-refractivity contribution in [3.05, 3.63) is 11.3 Å². The van der Waals surface area contributed by atoms with E-state index in [2.05, 4.69) is 15.5 Å². The molecule has 18 heavy (non-hydrogen) atoms. The van der Waals surface area contributed by atoms with E-state index >= 15 is 0 Å². The van der Waals surface area contributed by atoms with Gasteiger partial charge in [-0.3, -0.25) is 5.10 Å². The third kappa shape index (κ3) is 3.25. The quantitative estimate of drug-likeness (QED) is 0.761. The first kappa shape index (κ1) is 15.5. The monoisotopic (exact) mass is 292 g/mol. The van der Waals surface area contributed by atoms with Crippen LogP contribution < -0.4 is 5.32 Å². The minimum Gasteiger partial charge on any atom is -0.316 e. The van der Waals surface area contributed by atoms with Crippen LogP contribution in [0.5, 0.6) is 0 Å². The minimum absolute atomic E-state index is 0.123. The number of aryl methyl sites for hydroxylation is 1. The van der Waals surface area contributed by atoms with E-state index in [0.29, 0.717) is 18.7 Å². The van der Waals surface area contributed by atoms with Gasteiger partial charge < -0.3 is 5.32 Å². The Hall–Kier alpha value is -0.570. The number of rotatable bonds is 7.